The minimum atomic E-state index is -0.971. The summed E-state index contributed by atoms with van der Waals surface area (Å²) >= 11 is 0. The third kappa shape index (κ3) is 6.26. The summed E-state index contributed by atoms with van der Waals surface area (Å²) in [5, 5.41) is 2.68. The van der Waals surface area contributed by atoms with Crippen molar-refractivity contribution in [2.45, 2.75) is 56.6 Å². The maximum Gasteiger partial charge on any atom is 0.407 e. The maximum absolute atomic E-state index is 13.0. The standard InChI is InChI=1S/C30H35NO7/c1-6-30(3,4)38-28(32)25(15-16-27-35-18-26(37-27)19(2)34-5)31-29(33)36-17-24-22-13-9-7-11-20(22)21-12-8-10-14-23(21)24/h6-14,24-27H,1-2,15-18H2,3-5H3,(H,31,33)/t25-,26-,27?/m0/s1. The molecule has 1 aliphatic heterocycles. The van der Waals surface area contributed by atoms with E-state index in [1.165, 1.54) is 13.2 Å². The molecule has 8 heteroatoms. The van der Waals surface area contributed by atoms with Crippen LogP contribution in [0.15, 0.2) is 73.5 Å². The molecule has 3 atom stereocenters. The molecule has 1 heterocycles. The number of ether oxygens (including phenoxy) is 5. The normalized spacial score (nSPS) is 19.1. The largest absolute Gasteiger partial charge is 0.499 e. The van der Waals surface area contributed by atoms with Gasteiger partial charge in [-0.15, -0.1) is 0 Å². The van der Waals surface area contributed by atoms with E-state index in [2.05, 4.69) is 30.6 Å². The van der Waals surface area contributed by atoms with E-state index in [1.54, 1.807) is 13.8 Å². The Morgan fingerprint density at radius 2 is 1.76 bits per heavy atom. The first-order valence-corrected chi connectivity index (χ1v) is 12.7. The van der Waals surface area contributed by atoms with Gasteiger partial charge in [0, 0.05) is 12.3 Å². The van der Waals surface area contributed by atoms with Crippen LogP contribution in [0.2, 0.25) is 0 Å². The lowest BCUT2D eigenvalue weighted by Gasteiger charge is -2.25. The summed E-state index contributed by atoms with van der Waals surface area (Å²) < 4.78 is 27.8. The highest BCUT2D eigenvalue weighted by atomic mass is 16.7. The average molecular weight is 522 g/mol. The lowest BCUT2D eigenvalue weighted by Crippen LogP contribution is -2.45. The second kappa shape index (κ2) is 11.8. The fourth-order valence-electron chi connectivity index (χ4n) is 4.61. The van der Waals surface area contributed by atoms with Gasteiger partial charge in [-0.05, 0) is 48.6 Å². The van der Waals surface area contributed by atoms with Gasteiger partial charge in [0.2, 0.25) is 0 Å². The lowest BCUT2D eigenvalue weighted by atomic mass is 9.98. The predicted octanol–water partition coefficient (Wildman–Crippen LogP) is 5.08. The Morgan fingerprint density at radius 1 is 1.13 bits per heavy atom. The molecule has 38 heavy (non-hydrogen) atoms. The molecule has 2 aliphatic rings. The first-order valence-electron chi connectivity index (χ1n) is 12.7. The van der Waals surface area contributed by atoms with E-state index in [0.29, 0.717) is 18.8 Å². The van der Waals surface area contributed by atoms with Crippen LogP contribution >= 0.6 is 0 Å². The van der Waals surface area contributed by atoms with Gasteiger partial charge < -0.3 is 29.0 Å². The highest BCUT2D eigenvalue weighted by Crippen LogP contribution is 2.44. The molecule has 1 fully saturated rings. The molecular weight excluding hydrogens is 486 g/mol. The molecule has 8 nitrogen and oxygen atoms in total. The third-order valence-corrected chi connectivity index (χ3v) is 6.84. The molecule has 0 saturated carbocycles. The van der Waals surface area contributed by atoms with Crippen molar-refractivity contribution >= 4 is 12.1 Å². The van der Waals surface area contributed by atoms with E-state index in [-0.39, 0.29) is 25.0 Å². The van der Waals surface area contributed by atoms with Crippen molar-refractivity contribution in [2.24, 2.45) is 0 Å². The van der Waals surface area contributed by atoms with Gasteiger partial charge in [0.05, 0.1) is 13.7 Å². The molecule has 0 radical (unpaired) electrons. The Balaban J connectivity index is 1.39. The van der Waals surface area contributed by atoms with Crippen LogP contribution in [-0.4, -0.2) is 56.4 Å². The number of amides is 1. The zero-order chi connectivity index (χ0) is 27.3. The molecule has 1 N–H and O–H groups in total. The van der Waals surface area contributed by atoms with E-state index in [0.717, 1.165) is 22.3 Å². The molecule has 0 bridgehead atoms. The number of hydrogen-bond acceptors (Lipinski definition) is 7. The van der Waals surface area contributed by atoms with Crippen LogP contribution in [0.25, 0.3) is 11.1 Å². The van der Waals surface area contributed by atoms with Crippen molar-refractivity contribution in [2.75, 3.05) is 20.3 Å². The molecule has 1 aliphatic carbocycles. The van der Waals surface area contributed by atoms with E-state index in [9.17, 15) is 9.59 Å². The van der Waals surface area contributed by atoms with E-state index in [1.807, 2.05) is 36.4 Å². The SMILES string of the molecule is C=CC(C)(C)OC(=O)[C@H](CCC1OC[C@@H](C(=C)OC)O1)NC(=O)OCC1c2ccccc2-c2ccccc21. The fraction of sp³-hybridized carbons (Fsp3) is 0.400. The monoisotopic (exact) mass is 521 g/mol. The zero-order valence-corrected chi connectivity index (χ0v) is 22.1. The van der Waals surface area contributed by atoms with Crippen molar-refractivity contribution in [1.82, 2.24) is 5.32 Å². The second-order valence-electron chi connectivity index (χ2n) is 9.89. The first kappa shape index (κ1) is 27.4. The van der Waals surface area contributed by atoms with Crippen molar-refractivity contribution in [3.05, 3.63) is 84.7 Å². The number of carbonyl (C=O) groups is 2. The maximum atomic E-state index is 13.0. The second-order valence-corrected chi connectivity index (χ2v) is 9.89. The smallest absolute Gasteiger partial charge is 0.407 e. The summed E-state index contributed by atoms with van der Waals surface area (Å²) in [7, 11) is 1.52. The van der Waals surface area contributed by atoms with Gasteiger partial charge in [-0.2, -0.15) is 0 Å². The molecule has 2 aromatic carbocycles. The third-order valence-electron chi connectivity index (χ3n) is 6.84. The highest BCUT2D eigenvalue weighted by molar-refractivity contribution is 5.82. The number of nitrogens with one attached hydrogen (secondary N) is 1. The number of benzene rings is 2. The molecule has 1 saturated heterocycles. The summed E-state index contributed by atoms with van der Waals surface area (Å²) in [6.07, 6.45) is 0.422. The average Bonchev–Trinajstić information content (AvgIpc) is 3.52. The van der Waals surface area contributed by atoms with Gasteiger partial charge in [0.15, 0.2) is 6.29 Å². The van der Waals surface area contributed by atoms with Gasteiger partial charge >= 0.3 is 12.1 Å². The van der Waals surface area contributed by atoms with E-state index in [4.69, 9.17) is 23.7 Å². The van der Waals surface area contributed by atoms with E-state index >= 15 is 0 Å². The van der Waals surface area contributed by atoms with Gasteiger partial charge in [0.25, 0.3) is 0 Å². The first-order chi connectivity index (χ1) is 18.2. The van der Waals surface area contributed by atoms with Crippen LogP contribution in [0.3, 0.4) is 0 Å². The van der Waals surface area contributed by atoms with Crippen LogP contribution in [0.1, 0.15) is 43.7 Å². The molecule has 0 aromatic heterocycles. The predicted molar refractivity (Wildman–Crippen MR) is 142 cm³/mol. The van der Waals surface area contributed by atoms with E-state index < -0.39 is 30.0 Å². The quantitative estimate of drug-likeness (QED) is 0.250. The summed E-state index contributed by atoms with van der Waals surface area (Å²) in [4.78, 5) is 25.9. The van der Waals surface area contributed by atoms with Crippen molar-refractivity contribution in [1.29, 1.82) is 0 Å². The molecule has 1 amide bonds. The van der Waals surface area contributed by atoms with Crippen LogP contribution in [-0.2, 0) is 28.5 Å². The Bertz CT molecular complexity index is 1150. The molecular formula is C30H35NO7. The molecule has 0 spiro atoms. The number of rotatable bonds is 11. The number of alkyl carbamates (subject to hydrolysis) is 1. The fourth-order valence-corrected chi connectivity index (χ4v) is 4.61. The van der Waals surface area contributed by atoms with Crippen LogP contribution in [0.5, 0.6) is 0 Å². The summed E-state index contributed by atoms with van der Waals surface area (Å²) in [6, 6.07) is 15.2. The van der Waals surface area contributed by atoms with Gasteiger partial charge in [-0.25, -0.2) is 9.59 Å². The van der Waals surface area contributed by atoms with Gasteiger partial charge in [-0.3, -0.25) is 0 Å². The van der Waals surface area contributed by atoms with Crippen LogP contribution < -0.4 is 5.32 Å². The van der Waals surface area contributed by atoms with Gasteiger partial charge in [-0.1, -0.05) is 61.7 Å². The van der Waals surface area contributed by atoms with Crippen molar-refractivity contribution in [3.63, 3.8) is 0 Å². The highest BCUT2D eigenvalue weighted by Gasteiger charge is 2.34. The summed E-state index contributed by atoms with van der Waals surface area (Å²) in [5.41, 5.74) is 3.58. The number of hydrogen-bond donors (Lipinski definition) is 1. The van der Waals surface area contributed by atoms with Crippen LogP contribution in [0, 0.1) is 0 Å². The number of esters is 1. The Hall–Kier alpha value is -3.62. The molecule has 4 rings (SSSR count). The Labute approximate surface area is 223 Å². The minimum absolute atomic E-state index is 0.0932. The van der Waals surface area contributed by atoms with Gasteiger partial charge in [0.1, 0.15) is 30.1 Å². The van der Waals surface area contributed by atoms with Crippen LogP contribution in [0.4, 0.5) is 4.79 Å². The van der Waals surface area contributed by atoms with Crippen molar-refractivity contribution in [3.8, 4) is 11.1 Å². The molecule has 1 unspecified atom stereocenters. The topological polar surface area (TPSA) is 92.3 Å². The minimum Gasteiger partial charge on any atom is -0.499 e. The Morgan fingerprint density at radius 3 is 2.37 bits per heavy atom. The Kier molecular flexibility index (Phi) is 8.54. The molecule has 202 valence electrons. The zero-order valence-electron chi connectivity index (χ0n) is 22.1. The summed E-state index contributed by atoms with van der Waals surface area (Å²) in [5.74, 6) is -0.225. The summed E-state index contributed by atoms with van der Waals surface area (Å²) in [6.45, 7) is 11.4. The number of methoxy groups -OCH3 is 1. The van der Waals surface area contributed by atoms with Crippen molar-refractivity contribution < 1.29 is 33.3 Å². The molecule has 2 aromatic rings. The number of fused-ring (bicyclic) bond motifs is 3. The number of carbonyl (C=O) groups excluding carboxylic acids is 2. The lowest BCUT2D eigenvalue weighted by molar-refractivity contribution is -0.155.